The summed E-state index contributed by atoms with van der Waals surface area (Å²) in [6.45, 7) is 1.52. The molecule has 1 aliphatic carbocycles. The van der Waals surface area contributed by atoms with Gasteiger partial charge in [-0.25, -0.2) is 9.97 Å². The molecule has 0 bridgehead atoms. The summed E-state index contributed by atoms with van der Waals surface area (Å²) in [4.78, 5) is 34.7. The predicted octanol–water partition coefficient (Wildman–Crippen LogP) is 1.35. The molecule has 0 spiro atoms. The Kier molecular flexibility index (Phi) is 4.47. The van der Waals surface area contributed by atoms with E-state index >= 15 is 0 Å². The molecule has 0 aromatic carbocycles. The summed E-state index contributed by atoms with van der Waals surface area (Å²) in [5.41, 5.74) is 1.56. The van der Waals surface area contributed by atoms with Crippen LogP contribution < -0.4 is 0 Å². The first-order chi connectivity index (χ1) is 10.7. The number of carbonyl (C=O) groups excluding carboxylic acids is 2. The number of ether oxygens (including phenoxy) is 1. The van der Waals surface area contributed by atoms with Gasteiger partial charge in [0.25, 0.3) is 0 Å². The Morgan fingerprint density at radius 1 is 1.41 bits per heavy atom. The van der Waals surface area contributed by atoms with Gasteiger partial charge in [0.2, 0.25) is 5.91 Å². The van der Waals surface area contributed by atoms with Gasteiger partial charge in [0.15, 0.2) is 5.78 Å². The fourth-order valence-electron chi connectivity index (χ4n) is 3.23. The summed E-state index contributed by atoms with van der Waals surface area (Å²) < 4.78 is 4.92. The molecule has 0 saturated carbocycles. The summed E-state index contributed by atoms with van der Waals surface area (Å²) in [7, 11) is 1.53. The lowest BCUT2D eigenvalue weighted by Crippen LogP contribution is -2.41. The van der Waals surface area contributed by atoms with Crippen LogP contribution in [0, 0.1) is 0 Å². The quantitative estimate of drug-likeness (QED) is 0.843. The average molecular weight is 303 g/mol. The number of Topliss-reactive ketones (excluding diaryl/α,β-unsaturated/α-hetero) is 1. The Balaban J connectivity index is 1.76. The molecule has 6 heteroatoms. The standard InChI is InChI=1S/C16H21N3O3/c1-22-10-15(21)19-7-3-4-11(9-19)16-17-8-12-13(18-16)5-2-6-14(12)20/h8,11H,2-7,9-10H2,1H3. The molecular weight excluding hydrogens is 282 g/mol. The maximum absolute atomic E-state index is 12.0. The number of aryl methyl sites for hydroxylation is 1. The normalized spacial score (nSPS) is 21.6. The number of ketones is 1. The molecule has 1 amide bonds. The smallest absolute Gasteiger partial charge is 0.248 e. The van der Waals surface area contributed by atoms with Gasteiger partial charge in [0.05, 0.1) is 11.3 Å². The molecule has 0 N–H and O–H groups in total. The lowest BCUT2D eigenvalue weighted by atomic mass is 9.94. The van der Waals surface area contributed by atoms with E-state index in [1.165, 1.54) is 7.11 Å². The summed E-state index contributed by atoms with van der Waals surface area (Å²) in [6.07, 6.45) is 5.90. The third kappa shape index (κ3) is 3.02. The van der Waals surface area contributed by atoms with Gasteiger partial charge in [-0.3, -0.25) is 9.59 Å². The van der Waals surface area contributed by atoms with Crippen molar-refractivity contribution in [2.24, 2.45) is 0 Å². The maximum Gasteiger partial charge on any atom is 0.248 e. The van der Waals surface area contributed by atoms with Crippen molar-refractivity contribution in [2.75, 3.05) is 26.8 Å². The molecule has 1 unspecified atom stereocenters. The molecule has 6 nitrogen and oxygen atoms in total. The first kappa shape index (κ1) is 15.1. The number of fused-ring (bicyclic) bond motifs is 1. The van der Waals surface area contributed by atoms with Crippen molar-refractivity contribution in [3.63, 3.8) is 0 Å². The molecule has 22 heavy (non-hydrogen) atoms. The first-order valence-corrected chi connectivity index (χ1v) is 7.84. The third-order valence-electron chi connectivity index (χ3n) is 4.41. The lowest BCUT2D eigenvalue weighted by Gasteiger charge is -2.32. The van der Waals surface area contributed by atoms with E-state index in [4.69, 9.17) is 4.74 Å². The Hall–Kier alpha value is -1.82. The van der Waals surface area contributed by atoms with E-state index in [1.54, 1.807) is 6.20 Å². The van der Waals surface area contributed by atoms with Crippen molar-refractivity contribution in [3.05, 3.63) is 23.3 Å². The SMILES string of the molecule is COCC(=O)N1CCCC(c2ncc3c(n2)CCCC3=O)C1. The third-order valence-corrected chi connectivity index (χ3v) is 4.41. The summed E-state index contributed by atoms with van der Waals surface area (Å²) >= 11 is 0. The van der Waals surface area contributed by atoms with Crippen LogP contribution in [0.4, 0.5) is 0 Å². The van der Waals surface area contributed by atoms with E-state index < -0.39 is 0 Å². The molecule has 1 fully saturated rings. The highest BCUT2D eigenvalue weighted by atomic mass is 16.5. The van der Waals surface area contributed by atoms with Gasteiger partial charge >= 0.3 is 0 Å². The zero-order chi connectivity index (χ0) is 15.5. The van der Waals surface area contributed by atoms with Crippen LogP contribution in [-0.2, 0) is 16.0 Å². The second kappa shape index (κ2) is 6.52. The van der Waals surface area contributed by atoms with E-state index in [2.05, 4.69) is 9.97 Å². The highest BCUT2D eigenvalue weighted by Gasteiger charge is 2.28. The van der Waals surface area contributed by atoms with Gasteiger partial charge < -0.3 is 9.64 Å². The second-order valence-corrected chi connectivity index (χ2v) is 5.98. The highest BCUT2D eigenvalue weighted by Crippen LogP contribution is 2.26. The molecule has 1 saturated heterocycles. The minimum Gasteiger partial charge on any atom is -0.375 e. The number of likely N-dealkylation sites (tertiary alicyclic amines) is 1. The van der Waals surface area contributed by atoms with Crippen LogP contribution in [-0.4, -0.2) is 53.4 Å². The highest BCUT2D eigenvalue weighted by molar-refractivity contribution is 5.97. The predicted molar refractivity (Wildman–Crippen MR) is 79.7 cm³/mol. The van der Waals surface area contributed by atoms with Crippen LogP contribution in [0.2, 0.25) is 0 Å². The van der Waals surface area contributed by atoms with Crippen LogP contribution in [0.25, 0.3) is 0 Å². The monoisotopic (exact) mass is 303 g/mol. The number of rotatable bonds is 3. The van der Waals surface area contributed by atoms with Crippen LogP contribution in [0.3, 0.4) is 0 Å². The van der Waals surface area contributed by atoms with Crippen LogP contribution >= 0.6 is 0 Å². The Morgan fingerprint density at radius 3 is 3.09 bits per heavy atom. The summed E-state index contributed by atoms with van der Waals surface area (Å²) in [5.74, 6) is 1.08. The van der Waals surface area contributed by atoms with E-state index in [0.29, 0.717) is 18.5 Å². The molecule has 1 aliphatic heterocycles. The van der Waals surface area contributed by atoms with Crippen LogP contribution in [0.15, 0.2) is 6.20 Å². The van der Waals surface area contributed by atoms with E-state index in [0.717, 1.165) is 43.7 Å². The number of methoxy groups -OCH3 is 1. The van der Waals surface area contributed by atoms with E-state index in [9.17, 15) is 9.59 Å². The number of aromatic nitrogens is 2. The van der Waals surface area contributed by atoms with E-state index in [-0.39, 0.29) is 24.2 Å². The molecular formula is C16H21N3O3. The minimum absolute atomic E-state index is 0.0142. The fraction of sp³-hybridized carbons (Fsp3) is 0.625. The molecule has 2 aliphatic rings. The molecule has 2 heterocycles. The van der Waals surface area contributed by atoms with Gasteiger partial charge in [-0.05, 0) is 25.7 Å². The van der Waals surface area contributed by atoms with Gasteiger partial charge in [-0.15, -0.1) is 0 Å². The second-order valence-electron chi connectivity index (χ2n) is 5.98. The van der Waals surface area contributed by atoms with Crippen molar-refractivity contribution < 1.29 is 14.3 Å². The number of nitrogens with zero attached hydrogens (tertiary/aromatic N) is 3. The first-order valence-electron chi connectivity index (χ1n) is 7.84. The van der Waals surface area contributed by atoms with Crippen molar-refractivity contribution in [1.29, 1.82) is 0 Å². The molecule has 1 atom stereocenters. The molecule has 118 valence electrons. The topological polar surface area (TPSA) is 72.4 Å². The van der Waals surface area contributed by atoms with E-state index in [1.807, 2.05) is 4.90 Å². The Bertz CT molecular complexity index is 588. The molecule has 3 rings (SSSR count). The van der Waals surface area contributed by atoms with Crippen molar-refractivity contribution >= 4 is 11.7 Å². The maximum atomic E-state index is 12.0. The minimum atomic E-state index is 0.0142. The average Bonchev–Trinajstić information content (AvgIpc) is 2.55. The van der Waals surface area contributed by atoms with Gasteiger partial charge in [-0.1, -0.05) is 0 Å². The fourth-order valence-corrected chi connectivity index (χ4v) is 3.23. The largest absolute Gasteiger partial charge is 0.375 e. The van der Waals surface area contributed by atoms with Crippen molar-refractivity contribution in [3.8, 4) is 0 Å². The summed E-state index contributed by atoms with van der Waals surface area (Å²) in [6, 6.07) is 0. The van der Waals surface area contributed by atoms with Crippen molar-refractivity contribution in [2.45, 2.75) is 38.0 Å². The van der Waals surface area contributed by atoms with Gasteiger partial charge in [0.1, 0.15) is 12.4 Å². The Labute approximate surface area is 129 Å². The zero-order valence-electron chi connectivity index (χ0n) is 12.9. The molecule has 1 aromatic heterocycles. The van der Waals surface area contributed by atoms with Crippen LogP contribution in [0.1, 0.15) is 53.5 Å². The van der Waals surface area contributed by atoms with Crippen LogP contribution in [0.5, 0.6) is 0 Å². The van der Waals surface area contributed by atoms with Gasteiger partial charge in [0, 0.05) is 38.7 Å². The number of amides is 1. The molecule has 1 aromatic rings. The number of hydrogen-bond donors (Lipinski definition) is 0. The van der Waals surface area contributed by atoms with Crippen molar-refractivity contribution in [1.82, 2.24) is 14.9 Å². The number of hydrogen-bond acceptors (Lipinski definition) is 5. The molecule has 0 radical (unpaired) electrons. The number of carbonyl (C=O) groups is 2. The summed E-state index contributed by atoms with van der Waals surface area (Å²) in [5, 5.41) is 0. The van der Waals surface area contributed by atoms with Gasteiger partial charge in [-0.2, -0.15) is 0 Å². The lowest BCUT2D eigenvalue weighted by molar-refractivity contribution is -0.136. The zero-order valence-corrected chi connectivity index (χ0v) is 12.9. The number of piperidine rings is 1. The Morgan fingerprint density at radius 2 is 2.27 bits per heavy atom.